The number of phenols is 1. The Morgan fingerprint density at radius 2 is 1.80 bits per heavy atom. The van der Waals surface area contributed by atoms with Crippen LogP contribution in [0.1, 0.15) is 11.5 Å². The first-order valence-electron chi connectivity index (χ1n) is 7.82. The molecule has 0 atom stereocenters. The summed E-state index contributed by atoms with van der Waals surface area (Å²) in [6.45, 7) is 0. The fourth-order valence-corrected chi connectivity index (χ4v) is 3.05. The normalized spacial score (nSPS) is 11.4. The van der Waals surface area contributed by atoms with E-state index in [2.05, 4.69) is 20.9 Å². The molecule has 0 aliphatic rings. The minimum Gasteiger partial charge on any atom is -0.506 e. The summed E-state index contributed by atoms with van der Waals surface area (Å²) in [6.07, 6.45) is 3.74. The van der Waals surface area contributed by atoms with Crippen LogP contribution in [-0.2, 0) is 0 Å². The van der Waals surface area contributed by atoms with Crippen molar-refractivity contribution >= 4 is 39.0 Å². The first-order chi connectivity index (χ1) is 12.2. The third-order valence-electron chi connectivity index (χ3n) is 3.87. The molecule has 122 valence electrons. The average Bonchev–Trinajstić information content (AvgIpc) is 3.10. The smallest absolute Gasteiger partial charge is 0.141 e. The molecule has 0 spiro atoms. The number of pyridine rings is 1. The lowest BCUT2D eigenvalue weighted by Gasteiger charge is -2.01. The number of aromatic nitrogens is 1. The SMILES string of the molecule is Oc1cccc2ccc(/C=C\c3ccc(-c4cccc(Br)c4)o3)nc12. The summed E-state index contributed by atoms with van der Waals surface area (Å²) in [5, 5.41) is 10.8. The second kappa shape index (κ2) is 6.57. The zero-order valence-corrected chi connectivity index (χ0v) is 14.8. The van der Waals surface area contributed by atoms with Crippen molar-refractivity contribution in [1.29, 1.82) is 0 Å². The van der Waals surface area contributed by atoms with Crippen LogP contribution in [0.2, 0.25) is 0 Å². The predicted octanol–water partition coefficient (Wildman–Crippen LogP) is 6.13. The number of benzene rings is 2. The van der Waals surface area contributed by atoms with Crippen LogP contribution in [0.25, 0.3) is 34.4 Å². The van der Waals surface area contributed by atoms with Crippen LogP contribution in [-0.4, -0.2) is 10.1 Å². The minimum atomic E-state index is 0.183. The maximum absolute atomic E-state index is 9.92. The Labute approximate surface area is 153 Å². The van der Waals surface area contributed by atoms with Crippen LogP contribution < -0.4 is 0 Å². The van der Waals surface area contributed by atoms with Crippen molar-refractivity contribution in [3.05, 3.63) is 82.7 Å². The van der Waals surface area contributed by atoms with Crippen LogP contribution in [0.4, 0.5) is 0 Å². The molecule has 4 aromatic rings. The van der Waals surface area contributed by atoms with Gasteiger partial charge in [-0.05, 0) is 48.6 Å². The number of nitrogens with zero attached hydrogens (tertiary/aromatic N) is 1. The van der Waals surface area contributed by atoms with E-state index in [0.717, 1.165) is 32.6 Å². The van der Waals surface area contributed by atoms with Gasteiger partial charge < -0.3 is 9.52 Å². The second-order valence-corrected chi connectivity index (χ2v) is 6.55. The maximum atomic E-state index is 9.92. The van der Waals surface area contributed by atoms with Gasteiger partial charge in [-0.2, -0.15) is 0 Å². The van der Waals surface area contributed by atoms with E-state index in [1.165, 1.54) is 0 Å². The largest absolute Gasteiger partial charge is 0.506 e. The number of rotatable bonds is 3. The van der Waals surface area contributed by atoms with Crippen molar-refractivity contribution in [1.82, 2.24) is 4.98 Å². The minimum absolute atomic E-state index is 0.183. The summed E-state index contributed by atoms with van der Waals surface area (Å²) in [7, 11) is 0. The number of aromatic hydroxyl groups is 1. The fourth-order valence-electron chi connectivity index (χ4n) is 2.65. The highest BCUT2D eigenvalue weighted by Gasteiger charge is 2.04. The summed E-state index contributed by atoms with van der Waals surface area (Å²) in [5.41, 5.74) is 2.37. The quantitative estimate of drug-likeness (QED) is 0.456. The van der Waals surface area contributed by atoms with E-state index in [1.807, 2.05) is 66.7 Å². The molecule has 1 N–H and O–H groups in total. The maximum Gasteiger partial charge on any atom is 0.141 e. The van der Waals surface area contributed by atoms with E-state index in [9.17, 15) is 5.11 Å². The number of hydrogen-bond acceptors (Lipinski definition) is 3. The molecule has 0 amide bonds. The number of fused-ring (bicyclic) bond motifs is 1. The highest BCUT2D eigenvalue weighted by Crippen LogP contribution is 2.26. The summed E-state index contributed by atoms with van der Waals surface area (Å²) in [4.78, 5) is 4.48. The summed E-state index contributed by atoms with van der Waals surface area (Å²) < 4.78 is 6.89. The van der Waals surface area contributed by atoms with Crippen molar-refractivity contribution in [3.63, 3.8) is 0 Å². The molecule has 0 fully saturated rings. The monoisotopic (exact) mass is 391 g/mol. The lowest BCUT2D eigenvalue weighted by Crippen LogP contribution is -1.83. The molecule has 0 aliphatic heterocycles. The number of hydrogen-bond donors (Lipinski definition) is 1. The highest BCUT2D eigenvalue weighted by atomic mass is 79.9. The lowest BCUT2D eigenvalue weighted by molar-refractivity contribution is 0.480. The molecule has 0 saturated carbocycles. The van der Waals surface area contributed by atoms with Crippen LogP contribution in [0, 0.1) is 0 Å². The standard InChI is InChI=1S/C21H14BrNO2/c22-16-5-1-4-15(13-16)20-12-11-18(25-20)10-9-17-8-7-14-3-2-6-19(24)21(14)23-17/h1-13,24H/b10-9-. The van der Waals surface area contributed by atoms with Crippen molar-refractivity contribution in [3.8, 4) is 17.1 Å². The Kier molecular flexibility index (Phi) is 4.12. The summed E-state index contributed by atoms with van der Waals surface area (Å²) in [5.74, 6) is 1.74. The predicted molar refractivity (Wildman–Crippen MR) is 104 cm³/mol. The molecule has 4 heteroatoms. The van der Waals surface area contributed by atoms with E-state index >= 15 is 0 Å². The number of phenolic OH excluding ortho intramolecular Hbond substituents is 1. The van der Waals surface area contributed by atoms with Gasteiger partial charge in [0.1, 0.15) is 22.8 Å². The van der Waals surface area contributed by atoms with E-state index in [-0.39, 0.29) is 5.75 Å². The van der Waals surface area contributed by atoms with Gasteiger partial charge in [-0.3, -0.25) is 0 Å². The van der Waals surface area contributed by atoms with Gasteiger partial charge in [0.25, 0.3) is 0 Å². The first kappa shape index (κ1) is 15.7. The molecular weight excluding hydrogens is 378 g/mol. The van der Waals surface area contributed by atoms with Crippen LogP contribution in [0.15, 0.2) is 75.6 Å². The zero-order valence-electron chi connectivity index (χ0n) is 13.2. The van der Waals surface area contributed by atoms with Gasteiger partial charge in [-0.1, -0.05) is 46.3 Å². The van der Waals surface area contributed by atoms with E-state index < -0.39 is 0 Å². The molecule has 2 heterocycles. The van der Waals surface area contributed by atoms with Gasteiger partial charge in [0.15, 0.2) is 0 Å². The number of para-hydroxylation sites is 1. The van der Waals surface area contributed by atoms with Crippen molar-refractivity contribution in [2.24, 2.45) is 0 Å². The lowest BCUT2D eigenvalue weighted by atomic mass is 10.2. The molecule has 2 aromatic heterocycles. The molecule has 4 rings (SSSR count). The van der Waals surface area contributed by atoms with E-state index in [0.29, 0.717) is 5.52 Å². The molecule has 0 saturated heterocycles. The molecule has 0 unspecified atom stereocenters. The topological polar surface area (TPSA) is 46.3 Å². The van der Waals surface area contributed by atoms with Crippen molar-refractivity contribution < 1.29 is 9.52 Å². The van der Waals surface area contributed by atoms with Crippen LogP contribution in [0.3, 0.4) is 0 Å². The van der Waals surface area contributed by atoms with Gasteiger partial charge >= 0.3 is 0 Å². The number of furan rings is 1. The van der Waals surface area contributed by atoms with Crippen LogP contribution in [0.5, 0.6) is 5.75 Å². The second-order valence-electron chi connectivity index (χ2n) is 5.63. The van der Waals surface area contributed by atoms with Crippen LogP contribution >= 0.6 is 15.9 Å². The van der Waals surface area contributed by atoms with Gasteiger partial charge in [-0.15, -0.1) is 0 Å². The summed E-state index contributed by atoms with van der Waals surface area (Å²) in [6, 6.07) is 21.1. The van der Waals surface area contributed by atoms with E-state index in [1.54, 1.807) is 12.1 Å². The fraction of sp³-hybridized carbons (Fsp3) is 0. The molecular formula is C21H14BrNO2. The Morgan fingerprint density at radius 3 is 2.68 bits per heavy atom. The van der Waals surface area contributed by atoms with Crippen molar-refractivity contribution in [2.75, 3.05) is 0 Å². The highest BCUT2D eigenvalue weighted by molar-refractivity contribution is 9.10. The molecule has 0 radical (unpaired) electrons. The Bertz CT molecular complexity index is 1080. The zero-order chi connectivity index (χ0) is 17.2. The van der Waals surface area contributed by atoms with Gasteiger partial charge in [0.05, 0.1) is 5.69 Å². The Balaban J connectivity index is 1.61. The molecule has 0 aliphatic carbocycles. The number of halogens is 1. The van der Waals surface area contributed by atoms with Crippen molar-refractivity contribution in [2.45, 2.75) is 0 Å². The Morgan fingerprint density at radius 1 is 0.920 bits per heavy atom. The first-order valence-corrected chi connectivity index (χ1v) is 8.61. The van der Waals surface area contributed by atoms with Gasteiger partial charge in [-0.25, -0.2) is 4.98 Å². The summed E-state index contributed by atoms with van der Waals surface area (Å²) >= 11 is 3.47. The third-order valence-corrected chi connectivity index (χ3v) is 4.37. The van der Waals surface area contributed by atoms with Gasteiger partial charge in [0, 0.05) is 15.4 Å². The van der Waals surface area contributed by atoms with Gasteiger partial charge in [0.2, 0.25) is 0 Å². The molecule has 0 bridgehead atoms. The molecule has 3 nitrogen and oxygen atoms in total. The average molecular weight is 392 g/mol. The molecule has 2 aromatic carbocycles. The Hall–Kier alpha value is -2.85. The van der Waals surface area contributed by atoms with E-state index in [4.69, 9.17) is 4.42 Å². The molecule has 25 heavy (non-hydrogen) atoms. The third kappa shape index (κ3) is 3.35.